The second kappa shape index (κ2) is 13.3. The number of carbonyl (C=O) groups is 1. The van der Waals surface area contributed by atoms with Crippen LogP contribution in [0.4, 0.5) is 11.6 Å². The number of benzene rings is 1. The minimum Gasteiger partial charge on any atom is -0.497 e. The van der Waals surface area contributed by atoms with E-state index in [1.807, 2.05) is 58.8 Å². The van der Waals surface area contributed by atoms with E-state index in [-0.39, 0.29) is 17.5 Å². The summed E-state index contributed by atoms with van der Waals surface area (Å²) in [6, 6.07) is 12.5. The number of nitrogens with one attached hydrogen (secondary N) is 1. The zero-order valence-electron chi connectivity index (χ0n) is 24.7. The molecule has 10 nitrogen and oxygen atoms in total. The summed E-state index contributed by atoms with van der Waals surface area (Å²) in [5.41, 5.74) is 1.44. The van der Waals surface area contributed by atoms with E-state index in [1.165, 1.54) is 7.11 Å². The number of fused-ring (bicyclic) bond motifs is 1. The highest BCUT2D eigenvalue weighted by molar-refractivity contribution is 6.35. The summed E-state index contributed by atoms with van der Waals surface area (Å²) in [4.78, 5) is 40.0. The molecule has 5 rings (SSSR count). The number of methoxy groups -OCH3 is 2. The predicted octanol–water partition coefficient (Wildman–Crippen LogP) is 5.15. The first-order valence-corrected chi connectivity index (χ1v) is 14.4. The number of amides is 1. The molecule has 0 saturated carbocycles. The van der Waals surface area contributed by atoms with Crippen LogP contribution in [0.5, 0.6) is 11.5 Å². The van der Waals surface area contributed by atoms with Crippen molar-refractivity contribution in [1.82, 2.24) is 24.3 Å². The molecule has 43 heavy (non-hydrogen) atoms. The number of piperidine rings is 1. The number of aromatic nitrogens is 3. The van der Waals surface area contributed by atoms with E-state index in [4.69, 9.17) is 21.1 Å². The Morgan fingerprint density at radius 1 is 1.07 bits per heavy atom. The third kappa shape index (κ3) is 6.65. The van der Waals surface area contributed by atoms with Gasteiger partial charge in [-0.25, -0.2) is 9.97 Å². The van der Waals surface area contributed by atoms with Crippen molar-refractivity contribution in [1.29, 1.82) is 0 Å². The molecule has 1 N–H and O–H groups in total. The van der Waals surface area contributed by atoms with Crippen molar-refractivity contribution >= 4 is 40.0 Å². The number of likely N-dealkylation sites (N-methyl/N-ethyl adjacent to an activating group) is 1. The lowest BCUT2D eigenvalue weighted by molar-refractivity contribution is -0.127. The van der Waals surface area contributed by atoms with Gasteiger partial charge in [-0.15, -0.1) is 0 Å². The number of rotatable bonds is 9. The third-order valence-electron chi connectivity index (χ3n) is 7.47. The maximum absolute atomic E-state index is 14.4. The highest BCUT2D eigenvalue weighted by atomic mass is 35.5. The number of ether oxygens (including phenoxy) is 2. The molecule has 4 aromatic rings. The number of halogens is 1. The number of nitrogens with zero attached hydrogens (tertiary/aromatic N) is 5. The van der Waals surface area contributed by atoms with Crippen LogP contribution in [0.3, 0.4) is 0 Å². The standard InChI is InChI=1S/C32H35ClN6O4/c1-37(2)13-7-9-30(40)38-14-10-22(11-15-38)39-26-19-29(36-28-8-5-6-12-34-28)35-20-21(26)16-25(32(39)41)24-17-23(42-3)18-27(43-4)31(24)33/h5-9,12,16-20,22H,10-11,13-15H2,1-4H3,(H,34,35,36)/b9-7+. The molecule has 0 radical (unpaired) electrons. The lowest BCUT2D eigenvalue weighted by Crippen LogP contribution is -2.40. The fraction of sp³-hybridized carbons (Fsp3) is 0.312. The van der Waals surface area contributed by atoms with Gasteiger partial charge in [-0.2, -0.15) is 0 Å². The smallest absolute Gasteiger partial charge is 0.259 e. The molecule has 0 aliphatic carbocycles. The third-order valence-corrected chi connectivity index (χ3v) is 7.86. The van der Waals surface area contributed by atoms with Crippen LogP contribution in [0.2, 0.25) is 5.02 Å². The Labute approximate surface area is 255 Å². The first-order valence-electron chi connectivity index (χ1n) is 14.0. The molecule has 1 aromatic carbocycles. The molecule has 1 amide bonds. The highest BCUT2D eigenvalue weighted by Gasteiger charge is 2.27. The van der Waals surface area contributed by atoms with E-state index in [9.17, 15) is 9.59 Å². The number of hydrogen-bond donors (Lipinski definition) is 1. The fourth-order valence-corrected chi connectivity index (χ4v) is 5.56. The molecule has 1 aliphatic heterocycles. The molecule has 0 atom stereocenters. The van der Waals surface area contributed by atoms with Gasteiger partial charge in [0.05, 0.1) is 24.8 Å². The lowest BCUT2D eigenvalue weighted by Gasteiger charge is -2.33. The SMILES string of the molecule is COc1cc(OC)c(Cl)c(-c2cc3cnc(Nc4ccccn4)cc3n(C3CCN(C(=O)/C=C/CN(C)C)CC3)c2=O)c1. The molecule has 11 heteroatoms. The summed E-state index contributed by atoms with van der Waals surface area (Å²) in [7, 11) is 6.99. The van der Waals surface area contributed by atoms with Crippen molar-refractivity contribution in [2.75, 3.05) is 53.3 Å². The summed E-state index contributed by atoms with van der Waals surface area (Å²) >= 11 is 6.75. The van der Waals surface area contributed by atoms with Crippen molar-refractivity contribution in [3.63, 3.8) is 0 Å². The quantitative estimate of drug-likeness (QED) is 0.262. The van der Waals surface area contributed by atoms with Gasteiger partial charge >= 0.3 is 0 Å². The Bertz CT molecular complexity index is 1700. The Balaban J connectivity index is 1.58. The number of likely N-dealkylation sites (tertiary alicyclic amines) is 1. The normalized spacial score (nSPS) is 14.0. The van der Waals surface area contributed by atoms with Gasteiger partial charge in [0.25, 0.3) is 5.56 Å². The summed E-state index contributed by atoms with van der Waals surface area (Å²) in [5, 5.41) is 4.31. The van der Waals surface area contributed by atoms with Gasteiger partial charge in [-0.1, -0.05) is 23.7 Å². The van der Waals surface area contributed by atoms with E-state index >= 15 is 0 Å². The summed E-state index contributed by atoms with van der Waals surface area (Å²) in [6.07, 6.45) is 8.16. The van der Waals surface area contributed by atoms with Crippen LogP contribution in [0, 0.1) is 0 Å². The number of pyridine rings is 3. The van der Waals surface area contributed by atoms with E-state index < -0.39 is 0 Å². The molecule has 1 saturated heterocycles. The minimum atomic E-state index is -0.199. The Morgan fingerprint density at radius 3 is 2.53 bits per heavy atom. The molecular weight excluding hydrogens is 568 g/mol. The maximum atomic E-state index is 14.4. The largest absolute Gasteiger partial charge is 0.497 e. The van der Waals surface area contributed by atoms with E-state index in [1.54, 1.807) is 43.8 Å². The van der Waals surface area contributed by atoms with Gasteiger partial charge < -0.3 is 29.2 Å². The Morgan fingerprint density at radius 2 is 1.86 bits per heavy atom. The zero-order valence-corrected chi connectivity index (χ0v) is 25.5. The van der Waals surface area contributed by atoms with Crippen LogP contribution >= 0.6 is 11.6 Å². The van der Waals surface area contributed by atoms with Crippen LogP contribution in [0.15, 0.2) is 71.8 Å². The zero-order chi connectivity index (χ0) is 30.5. The average molecular weight is 603 g/mol. The van der Waals surface area contributed by atoms with Crippen LogP contribution in [-0.2, 0) is 4.79 Å². The fourth-order valence-electron chi connectivity index (χ4n) is 5.27. The number of hydrogen-bond acceptors (Lipinski definition) is 8. The van der Waals surface area contributed by atoms with Crippen LogP contribution in [-0.4, -0.2) is 78.2 Å². The molecule has 224 valence electrons. The molecule has 0 unspecified atom stereocenters. The summed E-state index contributed by atoms with van der Waals surface area (Å²) < 4.78 is 12.8. The Kier molecular flexibility index (Phi) is 9.27. The average Bonchev–Trinajstić information content (AvgIpc) is 3.01. The lowest BCUT2D eigenvalue weighted by atomic mass is 10.00. The second-order valence-electron chi connectivity index (χ2n) is 10.6. The summed E-state index contributed by atoms with van der Waals surface area (Å²) in [6.45, 7) is 1.76. The molecule has 0 spiro atoms. The van der Waals surface area contributed by atoms with Gasteiger partial charge in [0, 0.05) is 72.8 Å². The topological polar surface area (TPSA) is 102 Å². The van der Waals surface area contributed by atoms with E-state index in [0.717, 1.165) is 10.9 Å². The Hall–Kier alpha value is -4.41. The van der Waals surface area contributed by atoms with Crippen LogP contribution in [0.25, 0.3) is 22.0 Å². The van der Waals surface area contributed by atoms with Gasteiger partial charge in [0.2, 0.25) is 5.91 Å². The first kappa shape index (κ1) is 30.1. The van der Waals surface area contributed by atoms with Crippen molar-refractivity contribution in [3.8, 4) is 22.6 Å². The predicted molar refractivity (Wildman–Crippen MR) is 170 cm³/mol. The number of carbonyl (C=O) groups excluding carboxylic acids is 1. The van der Waals surface area contributed by atoms with Crippen molar-refractivity contribution in [2.45, 2.75) is 18.9 Å². The molecule has 4 heterocycles. The van der Waals surface area contributed by atoms with Gasteiger partial charge in [0.1, 0.15) is 23.1 Å². The van der Waals surface area contributed by atoms with Crippen molar-refractivity contribution < 1.29 is 14.3 Å². The molecule has 1 fully saturated rings. The maximum Gasteiger partial charge on any atom is 0.259 e. The second-order valence-corrected chi connectivity index (χ2v) is 11.0. The monoisotopic (exact) mass is 602 g/mol. The summed E-state index contributed by atoms with van der Waals surface area (Å²) in [5.74, 6) is 2.11. The van der Waals surface area contributed by atoms with E-state index in [2.05, 4.69) is 15.3 Å². The van der Waals surface area contributed by atoms with Crippen LogP contribution < -0.4 is 20.3 Å². The molecule has 0 bridgehead atoms. The molecule has 1 aliphatic rings. The first-order chi connectivity index (χ1) is 20.8. The van der Waals surface area contributed by atoms with Crippen molar-refractivity contribution in [2.24, 2.45) is 0 Å². The van der Waals surface area contributed by atoms with Gasteiger partial charge in [-0.3, -0.25) is 9.59 Å². The molecular formula is C32H35ClN6O4. The van der Waals surface area contributed by atoms with Gasteiger partial charge in [-0.05, 0) is 51.2 Å². The van der Waals surface area contributed by atoms with Crippen molar-refractivity contribution in [3.05, 3.63) is 82.4 Å². The van der Waals surface area contributed by atoms with E-state index in [0.29, 0.717) is 71.8 Å². The minimum absolute atomic E-state index is 0.0208. The molecule has 3 aromatic heterocycles. The number of anilines is 2. The van der Waals surface area contributed by atoms with Crippen LogP contribution in [0.1, 0.15) is 18.9 Å². The highest BCUT2D eigenvalue weighted by Crippen LogP contribution is 2.39. The van der Waals surface area contributed by atoms with Gasteiger partial charge in [0.15, 0.2) is 0 Å².